The molecule has 0 heterocycles. The number of hydrazine groups is 1. The Bertz CT molecular complexity index is 208. The summed E-state index contributed by atoms with van der Waals surface area (Å²) in [5, 5.41) is 4.05. The molecule has 0 spiro atoms. The molecular weight excluding hydrogens is 212 g/mol. The summed E-state index contributed by atoms with van der Waals surface area (Å²) < 4.78 is 0. The molecule has 0 saturated carbocycles. The number of hydrogen-bond donors (Lipinski definition) is 0. The van der Waals surface area contributed by atoms with E-state index < -0.39 is 0 Å². The maximum atomic E-state index is 11.8. The molecule has 0 rings (SSSR count). The van der Waals surface area contributed by atoms with Gasteiger partial charge in [-0.05, 0) is 25.3 Å². The number of amides is 1. The van der Waals surface area contributed by atoms with Gasteiger partial charge in [0.2, 0.25) is 0 Å². The molecule has 0 aromatic rings. The van der Waals surface area contributed by atoms with Crippen molar-refractivity contribution in [1.82, 2.24) is 10.0 Å². The Balaban J connectivity index is 4.53. The molecule has 3 heteroatoms. The van der Waals surface area contributed by atoms with E-state index in [0.717, 1.165) is 51.7 Å². The fourth-order valence-electron chi connectivity index (χ4n) is 1.74. The molecule has 0 aromatic carbocycles. The van der Waals surface area contributed by atoms with E-state index in [0.29, 0.717) is 0 Å². The van der Waals surface area contributed by atoms with Gasteiger partial charge in [0.05, 0.1) is 0 Å². The number of nitrogens with zero attached hydrogens (tertiary/aromatic N) is 2. The van der Waals surface area contributed by atoms with Crippen molar-refractivity contribution in [2.24, 2.45) is 0 Å². The maximum Gasteiger partial charge on any atom is 0.260 e. The standard InChI is InChI=1S/C14H28N2O/c1-5-9-12-15(13-10-6-2)16(11-7-3)14(17)8-4/h8H,4-7,9-13H2,1-3H3. The lowest BCUT2D eigenvalue weighted by atomic mass is 10.3. The highest BCUT2D eigenvalue weighted by Gasteiger charge is 2.17. The molecule has 0 unspecified atom stereocenters. The molecule has 100 valence electrons. The Morgan fingerprint density at radius 1 is 1.00 bits per heavy atom. The van der Waals surface area contributed by atoms with Gasteiger partial charge in [-0.1, -0.05) is 40.2 Å². The molecule has 0 aliphatic rings. The zero-order valence-corrected chi connectivity index (χ0v) is 11.7. The van der Waals surface area contributed by atoms with Crippen molar-refractivity contribution < 1.29 is 4.79 Å². The van der Waals surface area contributed by atoms with E-state index in [2.05, 4.69) is 32.4 Å². The zero-order chi connectivity index (χ0) is 13.1. The molecule has 17 heavy (non-hydrogen) atoms. The predicted octanol–water partition coefficient (Wildman–Crippen LogP) is 3.23. The summed E-state index contributed by atoms with van der Waals surface area (Å²) in [6.45, 7) is 12.8. The minimum atomic E-state index is 0.0269. The van der Waals surface area contributed by atoms with Gasteiger partial charge in [-0.25, -0.2) is 5.01 Å². The van der Waals surface area contributed by atoms with E-state index in [1.807, 2.05) is 5.01 Å². The highest BCUT2D eigenvalue weighted by Crippen LogP contribution is 2.06. The summed E-state index contributed by atoms with van der Waals surface area (Å²) >= 11 is 0. The molecule has 0 atom stereocenters. The van der Waals surface area contributed by atoms with Crippen molar-refractivity contribution in [3.8, 4) is 0 Å². The Hall–Kier alpha value is -0.830. The lowest BCUT2D eigenvalue weighted by Crippen LogP contribution is -2.47. The monoisotopic (exact) mass is 240 g/mol. The second kappa shape index (κ2) is 10.3. The predicted molar refractivity (Wildman–Crippen MR) is 73.6 cm³/mol. The average Bonchev–Trinajstić information content (AvgIpc) is 2.36. The number of carbonyl (C=O) groups is 1. The van der Waals surface area contributed by atoms with Gasteiger partial charge in [0.25, 0.3) is 5.91 Å². The average molecular weight is 240 g/mol. The van der Waals surface area contributed by atoms with Gasteiger partial charge in [0.1, 0.15) is 0 Å². The van der Waals surface area contributed by atoms with Gasteiger partial charge in [0, 0.05) is 19.6 Å². The van der Waals surface area contributed by atoms with E-state index in [1.54, 1.807) is 0 Å². The van der Waals surface area contributed by atoms with Crippen LogP contribution in [0.15, 0.2) is 12.7 Å². The second-order valence-corrected chi connectivity index (χ2v) is 4.33. The van der Waals surface area contributed by atoms with Crippen LogP contribution in [0, 0.1) is 0 Å². The Morgan fingerprint density at radius 3 is 1.88 bits per heavy atom. The summed E-state index contributed by atoms with van der Waals surface area (Å²) in [5.74, 6) is 0.0269. The fourth-order valence-corrected chi connectivity index (χ4v) is 1.74. The molecule has 0 aliphatic heterocycles. The summed E-state index contributed by atoms with van der Waals surface area (Å²) in [5.41, 5.74) is 0. The molecule has 0 bridgehead atoms. The summed E-state index contributed by atoms with van der Waals surface area (Å²) in [6.07, 6.45) is 6.98. The van der Waals surface area contributed by atoms with Crippen LogP contribution in [0.4, 0.5) is 0 Å². The fraction of sp³-hybridized carbons (Fsp3) is 0.786. The second-order valence-electron chi connectivity index (χ2n) is 4.33. The van der Waals surface area contributed by atoms with Crippen LogP contribution in [-0.2, 0) is 4.79 Å². The minimum Gasteiger partial charge on any atom is -0.272 e. The van der Waals surface area contributed by atoms with E-state index in [-0.39, 0.29) is 5.91 Å². The van der Waals surface area contributed by atoms with Crippen LogP contribution in [0.25, 0.3) is 0 Å². The van der Waals surface area contributed by atoms with E-state index >= 15 is 0 Å². The third-order valence-corrected chi connectivity index (χ3v) is 2.75. The number of carbonyl (C=O) groups excluding carboxylic acids is 1. The number of rotatable bonds is 10. The largest absolute Gasteiger partial charge is 0.272 e. The third-order valence-electron chi connectivity index (χ3n) is 2.75. The number of unbranched alkanes of at least 4 members (excludes halogenated alkanes) is 2. The highest BCUT2D eigenvalue weighted by molar-refractivity contribution is 5.86. The molecule has 0 aromatic heterocycles. The van der Waals surface area contributed by atoms with Crippen LogP contribution in [-0.4, -0.2) is 35.6 Å². The third kappa shape index (κ3) is 6.47. The van der Waals surface area contributed by atoms with Crippen molar-refractivity contribution >= 4 is 5.91 Å². The van der Waals surface area contributed by atoms with Gasteiger partial charge in [0.15, 0.2) is 0 Å². The molecule has 0 radical (unpaired) electrons. The molecule has 0 saturated heterocycles. The van der Waals surface area contributed by atoms with Gasteiger partial charge >= 0.3 is 0 Å². The highest BCUT2D eigenvalue weighted by atomic mass is 16.2. The molecular formula is C14H28N2O. The van der Waals surface area contributed by atoms with Gasteiger partial charge < -0.3 is 0 Å². The van der Waals surface area contributed by atoms with Crippen molar-refractivity contribution in [2.45, 2.75) is 52.9 Å². The SMILES string of the molecule is C=CC(=O)N(CCC)N(CCCC)CCCC. The Kier molecular flexibility index (Phi) is 9.83. The van der Waals surface area contributed by atoms with Crippen molar-refractivity contribution in [2.75, 3.05) is 19.6 Å². The first kappa shape index (κ1) is 16.2. The first-order chi connectivity index (χ1) is 8.21. The summed E-state index contributed by atoms with van der Waals surface area (Å²) in [7, 11) is 0. The van der Waals surface area contributed by atoms with Gasteiger partial charge in [-0.2, -0.15) is 0 Å². The van der Waals surface area contributed by atoms with Crippen LogP contribution >= 0.6 is 0 Å². The Morgan fingerprint density at radius 2 is 1.53 bits per heavy atom. The van der Waals surface area contributed by atoms with Crippen LogP contribution in [0.5, 0.6) is 0 Å². The molecule has 0 fully saturated rings. The smallest absolute Gasteiger partial charge is 0.260 e. The van der Waals surface area contributed by atoms with Gasteiger partial charge in [-0.3, -0.25) is 9.80 Å². The lowest BCUT2D eigenvalue weighted by molar-refractivity contribution is -0.144. The van der Waals surface area contributed by atoms with Crippen LogP contribution < -0.4 is 0 Å². The Labute approximate surface area is 106 Å². The first-order valence-electron chi connectivity index (χ1n) is 6.89. The maximum absolute atomic E-state index is 11.8. The van der Waals surface area contributed by atoms with Crippen molar-refractivity contribution in [3.63, 3.8) is 0 Å². The van der Waals surface area contributed by atoms with Crippen molar-refractivity contribution in [1.29, 1.82) is 0 Å². The first-order valence-corrected chi connectivity index (χ1v) is 6.89. The molecule has 3 nitrogen and oxygen atoms in total. The summed E-state index contributed by atoms with van der Waals surface area (Å²) in [6, 6.07) is 0. The normalized spacial score (nSPS) is 10.6. The molecule has 0 N–H and O–H groups in total. The van der Waals surface area contributed by atoms with E-state index in [1.165, 1.54) is 6.08 Å². The summed E-state index contributed by atoms with van der Waals surface area (Å²) in [4.78, 5) is 11.8. The van der Waals surface area contributed by atoms with Crippen molar-refractivity contribution in [3.05, 3.63) is 12.7 Å². The minimum absolute atomic E-state index is 0.0269. The quantitative estimate of drug-likeness (QED) is 0.432. The number of hydrogen-bond acceptors (Lipinski definition) is 2. The lowest BCUT2D eigenvalue weighted by Gasteiger charge is -2.34. The van der Waals surface area contributed by atoms with E-state index in [9.17, 15) is 4.79 Å². The topological polar surface area (TPSA) is 23.6 Å². The van der Waals surface area contributed by atoms with Crippen LogP contribution in [0.1, 0.15) is 52.9 Å². The van der Waals surface area contributed by atoms with E-state index in [4.69, 9.17) is 0 Å². The molecule has 1 amide bonds. The van der Waals surface area contributed by atoms with Crippen LogP contribution in [0.3, 0.4) is 0 Å². The molecule has 0 aliphatic carbocycles. The van der Waals surface area contributed by atoms with Gasteiger partial charge in [-0.15, -0.1) is 0 Å². The zero-order valence-electron chi connectivity index (χ0n) is 11.7. The van der Waals surface area contributed by atoms with Crippen LogP contribution in [0.2, 0.25) is 0 Å².